The zero-order valence-corrected chi connectivity index (χ0v) is 9.37. The molecule has 0 saturated heterocycles. The van der Waals surface area contributed by atoms with E-state index in [2.05, 4.69) is 5.32 Å². The van der Waals surface area contributed by atoms with Crippen LogP contribution >= 0.6 is 0 Å². The molecule has 2 bridgehead atoms. The molecule has 0 aromatic heterocycles. The van der Waals surface area contributed by atoms with Crippen molar-refractivity contribution in [2.45, 2.75) is 57.4 Å². The number of carbonyl (C=O) groups is 1. The average Bonchev–Trinajstić information content (AvgIpc) is 2.95. The van der Waals surface area contributed by atoms with Crippen molar-refractivity contribution in [1.82, 2.24) is 5.32 Å². The lowest BCUT2D eigenvalue weighted by atomic mass is 9.94. The molecular formula is C13H21NO. The van der Waals surface area contributed by atoms with Crippen molar-refractivity contribution in [3.63, 3.8) is 0 Å². The van der Waals surface area contributed by atoms with Gasteiger partial charge in [0.15, 0.2) is 0 Å². The molecule has 3 saturated carbocycles. The smallest absolute Gasteiger partial charge is 0.223 e. The number of rotatable bonds is 2. The molecule has 0 aromatic rings. The summed E-state index contributed by atoms with van der Waals surface area (Å²) in [5, 5.41) is 3.31. The first-order valence-electron chi connectivity index (χ1n) is 6.63. The number of amides is 1. The third-order valence-electron chi connectivity index (χ3n) is 4.79. The molecule has 0 aromatic carbocycles. The lowest BCUT2D eigenvalue weighted by Gasteiger charge is -2.24. The van der Waals surface area contributed by atoms with Crippen molar-refractivity contribution in [2.75, 3.05) is 0 Å². The molecular weight excluding hydrogens is 186 g/mol. The highest BCUT2D eigenvalue weighted by Gasteiger charge is 2.40. The Morgan fingerprint density at radius 2 is 1.80 bits per heavy atom. The van der Waals surface area contributed by atoms with E-state index in [0.29, 0.717) is 17.9 Å². The van der Waals surface area contributed by atoms with Gasteiger partial charge in [-0.15, -0.1) is 0 Å². The number of nitrogens with one attached hydrogen (secondary N) is 1. The second-order valence-electron chi connectivity index (χ2n) is 5.77. The van der Waals surface area contributed by atoms with Gasteiger partial charge in [0, 0.05) is 12.0 Å². The zero-order chi connectivity index (χ0) is 10.3. The number of fused-ring (bicyclic) bond motifs is 2. The van der Waals surface area contributed by atoms with E-state index >= 15 is 0 Å². The maximum atomic E-state index is 12.0. The minimum Gasteiger partial charge on any atom is -0.353 e. The van der Waals surface area contributed by atoms with Crippen LogP contribution in [0.1, 0.15) is 51.4 Å². The SMILES string of the molecule is O=C(N[C@H]1C[C@H]2CC[C@H]1C2)C1CCCC1. The first-order chi connectivity index (χ1) is 7.33. The Hall–Kier alpha value is -0.530. The van der Waals surface area contributed by atoms with E-state index in [1.165, 1.54) is 38.5 Å². The van der Waals surface area contributed by atoms with Crippen LogP contribution in [0.2, 0.25) is 0 Å². The van der Waals surface area contributed by atoms with E-state index in [-0.39, 0.29) is 0 Å². The summed E-state index contributed by atoms with van der Waals surface area (Å²) >= 11 is 0. The second-order valence-corrected chi connectivity index (χ2v) is 5.77. The molecule has 2 nitrogen and oxygen atoms in total. The highest BCUT2D eigenvalue weighted by Crippen LogP contribution is 2.44. The Labute approximate surface area is 91.8 Å². The van der Waals surface area contributed by atoms with Crippen LogP contribution in [0.5, 0.6) is 0 Å². The van der Waals surface area contributed by atoms with Gasteiger partial charge in [0.25, 0.3) is 0 Å². The highest BCUT2D eigenvalue weighted by atomic mass is 16.1. The second kappa shape index (κ2) is 3.80. The molecule has 84 valence electrons. The van der Waals surface area contributed by atoms with Gasteiger partial charge in [-0.25, -0.2) is 0 Å². The predicted octanol–water partition coefficient (Wildman–Crippen LogP) is 2.48. The molecule has 0 unspecified atom stereocenters. The standard InChI is InChI=1S/C13H21NO/c15-13(10-3-1-2-4-10)14-12-8-9-5-6-11(12)7-9/h9-12H,1-8H2,(H,14,15)/t9-,11-,12-/m0/s1. The van der Waals surface area contributed by atoms with Crippen LogP contribution < -0.4 is 5.32 Å². The van der Waals surface area contributed by atoms with E-state index < -0.39 is 0 Å². The van der Waals surface area contributed by atoms with E-state index in [4.69, 9.17) is 0 Å². The molecule has 0 aliphatic heterocycles. The zero-order valence-electron chi connectivity index (χ0n) is 9.37. The van der Waals surface area contributed by atoms with Crippen molar-refractivity contribution in [1.29, 1.82) is 0 Å². The molecule has 3 fully saturated rings. The third-order valence-corrected chi connectivity index (χ3v) is 4.79. The van der Waals surface area contributed by atoms with Gasteiger partial charge in [0.1, 0.15) is 0 Å². The number of carbonyl (C=O) groups excluding carboxylic acids is 1. The van der Waals surface area contributed by atoms with Gasteiger partial charge >= 0.3 is 0 Å². The van der Waals surface area contributed by atoms with Crippen molar-refractivity contribution in [3.05, 3.63) is 0 Å². The van der Waals surface area contributed by atoms with Gasteiger partial charge in [0.2, 0.25) is 5.91 Å². The summed E-state index contributed by atoms with van der Waals surface area (Å²) in [5.74, 6) is 2.47. The van der Waals surface area contributed by atoms with Crippen molar-refractivity contribution in [3.8, 4) is 0 Å². The van der Waals surface area contributed by atoms with Gasteiger partial charge in [-0.05, 0) is 43.9 Å². The average molecular weight is 207 g/mol. The Morgan fingerprint density at radius 3 is 2.40 bits per heavy atom. The molecule has 0 radical (unpaired) electrons. The molecule has 3 atom stereocenters. The predicted molar refractivity (Wildman–Crippen MR) is 59.3 cm³/mol. The summed E-state index contributed by atoms with van der Waals surface area (Å²) in [4.78, 5) is 12.0. The molecule has 0 spiro atoms. The monoisotopic (exact) mass is 207 g/mol. The Bertz CT molecular complexity index is 257. The largest absolute Gasteiger partial charge is 0.353 e. The Morgan fingerprint density at radius 1 is 1.00 bits per heavy atom. The molecule has 3 aliphatic carbocycles. The fraction of sp³-hybridized carbons (Fsp3) is 0.923. The maximum Gasteiger partial charge on any atom is 0.223 e. The summed E-state index contributed by atoms with van der Waals surface area (Å²) in [7, 11) is 0. The molecule has 1 amide bonds. The number of hydrogen-bond acceptors (Lipinski definition) is 1. The number of hydrogen-bond donors (Lipinski definition) is 1. The van der Waals surface area contributed by atoms with Crippen LogP contribution in [0.3, 0.4) is 0 Å². The topological polar surface area (TPSA) is 29.1 Å². The van der Waals surface area contributed by atoms with Crippen LogP contribution in [0.4, 0.5) is 0 Å². The minimum absolute atomic E-state index is 0.351. The first-order valence-corrected chi connectivity index (χ1v) is 6.63. The van der Waals surface area contributed by atoms with E-state index in [1.54, 1.807) is 0 Å². The normalized spacial score (nSPS) is 39.9. The van der Waals surface area contributed by atoms with E-state index in [1.807, 2.05) is 0 Å². The fourth-order valence-electron chi connectivity index (χ4n) is 3.91. The van der Waals surface area contributed by atoms with Crippen LogP contribution in [-0.2, 0) is 4.79 Å². The third kappa shape index (κ3) is 1.79. The van der Waals surface area contributed by atoms with E-state index in [0.717, 1.165) is 24.7 Å². The fourth-order valence-corrected chi connectivity index (χ4v) is 3.91. The maximum absolute atomic E-state index is 12.0. The van der Waals surface area contributed by atoms with Crippen LogP contribution in [0.25, 0.3) is 0 Å². The van der Waals surface area contributed by atoms with Gasteiger partial charge in [-0.1, -0.05) is 19.3 Å². The van der Waals surface area contributed by atoms with E-state index in [9.17, 15) is 4.79 Å². The summed E-state index contributed by atoms with van der Waals surface area (Å²) in [6, 6.07) is 0.539. The summed E-state index contributed by atoms with van der Waals surface area (Å²) in [6.45, 7) is 0. The Balaban J connectivity index is 1.54. The van der Waals surface area contributed by atoms with Crippen LogP contribution in [-0.4, -0.2) is 11.9 Å². The quantitative estimate of drug-likeness (QED) is 0.740. The molecule has 3 aliphatic rings. The van der Waals surface area contributed by atoms with Crippen molar-refractivity contribution in [2.24, 2.45) is 17.8 Å². The molecule has 2 heteroatoms. The molecule has 1 N–H and O–H groups in total. The Kier molecular flexibility index (Phi) is 2.45. The van der Waals surface area contributed by atoms with Crippen molar-refractivity contribution < 1.29 is 4.79 Å². The van der Waals surface area contributed by atoms with Gasteiger partial charge in [0.05, 0.1) is 0 Å². The summed E-state index contributed by atoms with van der Waals surface area (Å²) < 4.78 is 0. The summed E-state index contributed by atoms with van der Waals surface area (Å²) in [6.07, 6.45) is 10.2. The van der Waals surface area contributed by atoms with Crippen LogP contribution in [0, 0.1) is 17.8 Å². The van der Waals surface area contributed by atoms with Gasteiger partial charge in [-0.2, -0.15) is 0 Å². The lowest BCUT2D eigenvalue weighted by molar-refractivity contribution is -0.125. The van der Waals surface area contributed by atoms with Gasteiger partial charge in [-0.3, -0.25) is 4.79 Å². The molecule has 3 rings (SSSR count). The lowest BCUT2D eigenvalue weighted by Crippen LogP contribution is -2.41. The van der Waals surface area contributed by atoms with Crippen LogP contribution in [0.15, 0.2) is 0 Å². The van der Waals surface area contributed by atoms with Crippen molar-refractivity contribution >= 4 is 5.91 Å². The summed E-state index contributed by atoms with van der Waals surface area (Å²) in [5.41, 5.74) is 0. The first kappa shape index (κ1) is 9.68. The molecule has 15 heavy (non-hydrogen) atoms. The molecule has 0 heterocycles. The van der Waals surface area contributed by atoms with Gasteiger partial charge < -0.3 is 5.32 Å². The highest BCUT2D eigenvalue weighted by molar-refractivity contribution is 5.79. The minimum atomic E-state index is 0.351.